The molecule has 0 saturated carbocycles. The van der Waals surface area contributed by atoms with Crippen molar-refractivity contribution in [3.8, 4) is 11.5 Å². The number of nitrogens with zero attached hydrogens (tertiary/aromatic N) is 1. The summed E-state index contributed by atoms with van der Waals surface area (Å²) in [6, 6.07) is 8.94. The van der Waals surface area contributed by atoms with E-state index in [2.05, 4.69) is 15.6 Å². The van der Waals surface area contributed by atoms with Gasteiger partial charge in [-0.2, -0.15) is 0 Å². The molecule has 3 rings (SSSR count). The number of nitrogens with one attached hydrogen (secondary N) is 2. The Morgan fingerprint density at radius 2 is 2.23 bits per heavy atom. The Hall–Kier alpha value is -3.09. The van der Waals surface area contributed by atoms with Gasteiger partial charge in [-0.15, -0.1) is 0 Å². The van der Waals surface area contributed by atoms with E-state index in [9.17, 15) is 9.59 Å². The third-order valence-corrected chi connectivity index (χ3v) is 4.14. The van der Waals surface area contributed by atoms with Gasteiger partial charge in [0, 0.05) is 24.8 Å². The highest BCUT2D eigenvalue weighted by Crippen LogP contribution is 2.34. The summed E-state index contributed by atoms with van der Waals surface area (Å²) in [6.45, 7) is 0.943. The maximum absolute atomic E-state index is 12.6. The second-order valence-corrected chi connectivity index (χ2v) is 5.94. The average Bonchev–Trinajstić information content (AvgIpc) is 2.67. The molecular weight excluding hydrogens is 334 g/mol. The highest BCUT2D eigenvalue weighted by Gasteiger charge is 2.30. The van der Waals surface area contributed by atoms with Crippen molar-refractivity contribution in [3.63, 3.8) is 0 Å². The molecule has 1 atom stereocenters. The van der Waals surface area contributed by atoms with Crippen LogP contribution in [0.5, 0.6) is 11.5 Å². The predicted molar refractivity (Wildman–Crippen MR) is 96.3 cm³/mol. The fraction of sp³-hybridized carbons (Fsp3) is 0.316. The molecular formula is C19H21N3O4. The maximum atomic E-state index is 12.6. The van der Waals surface area contributed by atoms with Gasteiger partial charge in [-0.1, -0.05) is 0 Å². The van der Waals surface area contributed by atoms with Crippen LogP contribution in [0, 0.1) is 0 Å². The molecule has 0 radical (unpaired) electrons. The van der Waals surface area contributed by atoms with Gasteiger partial charge in [0.2, 0.25) is 11.8 Å². The van der Waals surface area contributed by atoms with Crippen molar-refractivity contribution in [1.29, 1.82) is 0 Å². The van der Waals surface area contributed by atoms with Gasteiger partial charge >= 0.3 is 0 Å². The molecule has 2 heterocycles. The zero-order valence-corrected chi connectivity index (χ0v) is 14.5. The summed E-state index contributed by atoms with van der Waals surface area (Å²) in [6.07, 6.45) is 4.10. The average molecular weight is 355 g/mol. The minimum atomic E-state index is -0.520. The molecule has 0 bridgehead atoms. The third-order valence-electron chi connectivity index (χ3n) is 4.14. The fourth-order valence-electron chi connectivity index (χ4n) is 2.83. The van der Waals surface area contributed by atoms with Crippen LogP contribution in [0.1, 0.15) is 24.3 Å². The summed E-state index contributed by atoms with van der Waals surface area (Å²) in [4.78, 5) is 28.4. The first-order valence-electron chi connectivity index (χ1n) is 8.45. The molecule has 1 aromatic carbocycles. The second kappa shape index (κ2) is 8.33. The largest absolute Gasteiger partial charge is 0.497 e. The highest BCUT2D eigenvalue weighted by atomic mass is 16.5. The van der Waals surface area contributed by atoms with Gasteiger partial charge < -0.3 is 20.1 Å². The number of methoxy groups -OCH3 is 1. The lowest BCUT2D eigenvalue weighted by Gasteiger charge is -2.25. The molecule has 1 aromatic heterocycles. The molecule has 7 heteroatoms. The number of fused-ring (bicyclic) bond motifs is 1. The Morgan fingerprint density at radius 1 is 1.35 bits per heavy atom. The Bertz CT molecular complexity index is 780. The van der Waals surface area contributed by atoms with Crippen LogP contribution in [0.15, 0.2) is 42.7 Å². The van der Waals surface area contributed by atoms with E-state index >= 15 is 0 Å². The normalized spacial score (nSPS) is 15.6. The fourth-order valence-corrected chi connectivity index (χ4v) is 2.83. The van der Waals surface area contributed by atoms with Crippen LogP contribution in [0.25, 0.3) is 0 Å². The van der Waals surface area contributed by atoms with Gasteiger partial charge in [-0.3, -0.25) is 14.6 Å². The van der Waals surface area contributed by atoms with Crippen LogP contribution >= 0.6 is 0 Å². The molecule has 0 aliphatic carbocycles. The van der Waals surface area contributed by atoms with E-state index in [1.807, 2.05) is 6.07 Å². The second-order valence-electron chi connectivity index (χ2n) is 5.94. The number of carbonyl (C=O) groups is 2. The number of hydrogen-bond acceptors (Lipinski definition) is 5. The summed E-state index contributed by atoms with van der Waals surface area (Å²) in [5.41, 5.74) is 1.43. The molecule has 136 valence electrons. The number of benzene rings is 1. The Balaban J connectivity index is 1.54. The van der Waals surface area contributed by atoms with Crippen LogP contribution in [0.4, 0.5) is 5.69 Å². The maximum Gasteiger partial charge on any atom is 0.228 e. The van der Waals surface area contributed by atoms with Gasteiger partial charge in [0.25, 0.3) is 0 Å². The number of pyridine rings is 1. The van der Waals surface area contributed by atoms with E-state index in [1.54, 1.807) is 43.8 Å². The van der Waals surface area contributed by atoms with Crippen LogP contribution in [0.2, 0.25) is 0 Å². The molecule has 26 heavy (non-hydrogen) atoms. The summed E-state index contributed by atoms with van der Waals surface area (Å²) < 4.78 is 10.8. The van der Waals surface area contributed by atoms with Gasteiger partial charge in [0.1, 0.15) is 11.5 Å². The lowest BCUT2D eigenvalue weighted by molar-refractivity contribution is -0.126. The molecule has 7 nitrogen and oxygen atoms in total. The first-order chi connectivity index (χ1) is 12.7. The van der Waals surface area contributed by atoms with Gasteiger partial charge in [-0.25, -0.2) is 0 Å². The van der Waals surface area contributed by atoms with Gasteiger partial charge in [0.05, 0.1) is 25.8 Å². The summed E-state index contributed by atoms with van der Waals surface area (Å²) in [5.74, 6) is 0.498. The number of amides is 2. The Morgan fingerprint density at radius 3 is 3.00 bits per heavy atom. The van der Waals surface area contributed by atoms with Crippen molar-refractivity contribution in [3.05, 3.63) is 48.3 Å². The first kappa shape index (κ1) is 17.7. The molecule has 2 aromatic rings. The monoisotopic (exact) mass is 355 g/mol. The van der Waals surface area contributed by atoms with Crippen molar-refractivity contribution in [2.24, 2.45) is 0 Å². The molecule has 1 aliphatic heterocycles. The summed E-state index contributed by atoms with van der Waals surface area (Å²) in [5, 5.41) is 5.67. The number of carbonyl (C=O) groups excluding carboxylic acids is 2. The highest BCUT2D eigenvalue weighted by molar-refractivity contribution is 6.01. The molecule has 0 saturated heterocycles. The van der Waals surface area contributed by atoms with Crippen LogP contribution in [-0.4, -0.2) is 37.1 Å². The van der Waals surface area contributed by atoms with E-state index in [4.69, 9.17) is 9.47 Å². The summed E-state index contributed by atoms with van der Waals surface area (Å²) in [7, 11) is 1.57. The zero-order valence-electron chi connectivity index (χ0n) is 14.5. The number of aromatic nitrogens is 1. The SMILES string of the molecule is COc1ccc2c(c1)C(C(=O)NCCCOc1cccnc1)CC(=O)N2. The van der Waals surface area contributed by atoms with Crippen molar-refractivity contribution in [2.45, 2.75) is 18.8 Å². The number of hydrogen-bond donors (Lipinski definition) is 2. The standard InChI is InChI=1S/C19H21N3O4/c1-25-13-5-6-17-15(10-13)16(11-18(23)22-17)19(24)21-8-3-9-26-14-4-2-7-20-12-14/h2,4-7,10,12,16H,3,8-9,11H2,1H3,(H,21,24)(H,22,23). The van der Waals surface area contributed by atoms with E-state index in [1.165, 1.54) is 0 Å². The van der Waals surface area contributed by atoms with E-state index in [0.717, 1.165) is 5.56 Å². The van der Waals surface area contributed by atoms with E-state index in [-0.39, 0.29) is 18.2 Å². The molecule has 0 spiro atoms. The van der Waals surface area contributed by atoms with Crippen LogP contribution in [0.3, 0.4) is 0 Å². The minimum Gasteiger partial charge on any atom is -0.497 e. The molecule has 2 N–H and O–H groups in total. The summed E-state index contributed by atoms with van der Waals surface area (Å²) >= 11 is 0. The predicted octanol–water partition coefficient (Wildman–Crippen LogP) is 2.10. The zero-order chi connectivity index (χ0) is 18.4. The van der Waals surface area contributed by atoms with Gasteiger partial charge in [0.15, 0.2) is 0 Å². The topological polar surface area (TPSA) is 89.6 Å². The van der Waals surface area contributed by atoms with Crippen molar-refractivity contribution >= 4 is 17.5 Å². The Kier molecular flexibility index (Phi) is 5.68. The molecule has 1 unspecified atom stereocenters. The molecule has 2 amide bonds. The lowest BCUT2D eigenvalue weighted by Crippen LogP contribution is -2.35. The molecule has 0 fully saturated rings. The quantitative estimate of drug-likeness (QED) is 0.743. The van der Waals surface area contributed by atoms with E-state index < -0.39 is 5.92 Å². The van der Waals surface area contributed by atoms with Crippen molar-refractivity contribution < 1.29 is 19.1 Å². The lowest BCUT2D eigenvalue weighted by atomic mass is 9.89. The Labute approximate surface area is 151 Å². The smallest absolute Gasteiger partial charge is 0.228 e. The third kappa shape index (κ3) is 4.30. The number of ether oxygens (including phenoxy) is 2. The van der Waals surface area contributed by atoms with Crippen molar-refractivity contribution in [1.82, 2.24) is 10.3 Å². The van der Waals surface area contributed by atoms with Crippen LogP contribution in [-0.2, 0) is 9.59 Å². The minimum absolute atomic E-state index is 0.123. The van der Waals surface area contributed by atoms with E-state index in [0.29, 0.717) is 36.8 Å². The van der Waals surface area contributed by atoms with Crippen LogP contribution < -0.4 is 20.1 Å². The van der Waals surface area contributed by atoms with Gasteiger partial charge in [-0.05, 0) is 42.3 Å². The van der Waals surface area contributed by atoms with Crippen molar-refractivity contribution in [2.75, 3.05) is 25.6 Å². The number of anilines is 1. The molecule has 1 aliphatic rings. The first-order valence-corrected chi connectivity index (χ1v) is 8.45. The number of rotatable bonds is 7.